The summed E-state index contributed by atoms with van der Waals surface area (Å²) in [7, 11) is 1.21. The van der Waals surface area contributed by atoms with E-state index in [-0.39, 0.29) is 12.1 Å². The minimum absolute atomic E-state index is 0.0660. The molecule has 0 aliphatic heterocycles. The molecule has 19 heavy (non-hydrogen) atoms. The summed E-state index contributed by atoms with van der Waals surface area (Å²) in [5.41, 5.74) is 6.40. The van der Waals surface area contributed by atoms with Gasteiger partial charge in [-0.15, -0.1) is 0 Å². The topological polar surface area (TPSA) is 81.4 Å². The van der Waals surface area contributed by atoms with Crippen LogP contribution in [0, 0.1) is 5.82 Å². The Labute approximate surface area is 110 Å². The molecular weight excluding hydrogens is 251 g/mol. The van der Waals surface area contributed by atoms with E-state index in [2.05, 4.69) is 10.1 Å². The number of nitrogens with one attached hydrogen (secondary N) is 1. The van der Waals surface area contributed by atoms with E-state index in [9.17, 15) is 14.0 Å². The van der Waals surface area contributed by atoms with Gasteiger partial charge in [-0.3, -0.25) is 9.59 Å². The molecule has 0 aromatic heterocycles. The number of hydrogen-bond acceptors (Lipinski definition) is 4. The summed E-state index contributed by atoms with van der Waals surface area (Å²) < 4.78 is 17.7. The molecule has 0 spiro atoms. The fraction of sp³-hybridized carbons (Fsp3) is 0.385. The molecule has 0 saturated carbocycles. The fourth-order valence-corrected chi connectivity index (χ4v) is 1.53. The molecule has 0 bridgehead atoms. The summed E-state index contributed by atoms with van der Waals surface area (Å²) in [6, 6.07) is 3.17. The van der Waals surface area contributed by atoms with Crippen molar-refractivity contribution in [2.24, 2.45) is 5.73 Å². The molecule has 1 rings (SSSR count). The van der Waals surface area contributed by atoms with Crippen LogP contribution in [0.15, 0.2) is 18.2 Å². The van der Waals surface area contributed by atoms with Gasteiger partial charge in [0.05, 0.1) is 7.11 Å². The number of methoxy groups -OCH3 is 1. The van der Waals surface area contributed by atoms with Crippen molar-refractivity contribution in [2.45, 2.75) is 19.4 Å². The van der Waals surface area contributed by atoms with Gasteiger partial charge in [-0.1, -0.05) is 6.92 Å². The lowest BCUT2D eigenvalue weighted by Gasteiger charge is -2.11. The molecule has 0 saturated heterocycles. The summed E-state index contributed by atoms with van der Waals surface area (Å²) in [6.45, 7) is 1.80. The summed E-state index contributed by atoms with van der Waals surface area (Å²) in [5, 5.41) is 2.46. The monoisotopic (exact) mass is 268 g/mol. The van der Waals surface area contributed by atoms with Gasteiger partial charge in [0.2, 0.25) is 0 Å². The number of nitrogens with two attached hydrogens (primary N) is 1. The van der Waals surface area contributed by atoms with Crippen LogP contribution in [0.25, 0.3) is 0 Å². The van der Waals surface area contributed by atoms with Gasteiger partial charge >= 0.3 is 5.97 Å². The zero-order chi connectivity index (χ0) is 14.4. The van der Waals surface area contributed by atoms with Gasteiger partial charge in [0.25, 0.3) is 5.91 Å². The lowest BCUT2D eigenvalue weighted by molar-refractivity contribution is -0.141. The highest BCUT2D eigenvalue weighted by Crippen LogP contribution is 2.09. The molecule has 1 aromatic carbocycles. The Balaban J connectivity index is 2.68. The minimum Gasteiger partial charge on any atom is -0.468 e. The van der Waals surface area contributed by atoms with Gasteiger partial charge in [0.1, 0.15) is 11.9 Å². The van der Waals surface area contributed by atoms with Gasteiger partial charge < -0.3 is 15.8 Å². The number of rotatable bonds is 5. The molecule has 3 N–H and O–H groups in total. The number of aryl methyl sites for hydroxylation is 1. The van der Waals surface area contributed by atoms with E-state index in [1.807, 2.05) is 6.92 Å². The van der Waals surface area contributed by atoms with Crippen molar-refractivity contribution in [3.63, 3.8) is 0 Å². The van der Waals surface area contributed by atoms with E-state index >= 15 is 0 Å². The average molecular weight is 268 g/mol. The quantitative estimate of drug-likeness (QED) is 0.767. The van der Waals surface area contributed by atoms with Crippen LogP contribution in [0.3, 0.4) is 0 Å². The number of benzene rings is 1. The molecule has 6 heteroatoms. The number of esters is 1. The van der Waals surface area contributed by atoms with Crippen molar-refractivity contribution in [2.75, 3.05) is 13.7 Å². The third-order valence-electron chi connectivity index (χ3n) is 2.61. The lowest BCUT2D eigenvalue weighted by Crippen LogP contribution is -2.43. The van der Waals surface area contributed by atoms with Gasteiger partial charge in [-0.25, -0.2) is 4.39 Å². The molecule has 104 valence electrons. The second-order valence-electron chi connectivity index (χ2n) is 4.04. The summed E-state index contributed by atoms with van der Waals surface area (Å²) in [4.78, 5) is 22.9. The number of carbonyl (C=O) groups is 2. The van der Waals surface area contributed by atoms with Gasteiger partial charge in [-0.2, -0.15) is 0 Å². The molecule has 0 heterocycles. The summed E-state index contributed by atoms with van der Waals surface area (Å²) in [5.74, 6) is -1.57. The summed E-state index contributed by atoms with van der Waals surface area (Å²) in [6.07, 6.45) is 0.625. The Morgan fingerprint density at radius 2 is 2.11 bits per heavy atom. The molecule has 1 amide bonds. The van der Waals surface area contributed by atoms with Crippen molar-refractivity contribution in [3.05, 3.63) is 35.1 Å². The lowest BCUT2D eigenvalue weighted by atomic mass is 10.1. The first-order valence-electron chi connectivity index (χ1n) is 5.89. The predicted octanol–water partition coefficient (Wildman–Crippen LogP) is 0.618. The first-order valence-corrected chi connectivity index (χ1v) is 5.89. The molecule has 0 fully saturated rings. The predicted molar refractivity (Wildman–Crippen MR) is 68.1 cm³/mol. The number of carbonyl (C=O) groups excluding carboxylic acids is 2. The van der Waals surface area contributed by atoms with Gasteiger partial charge in [0, 0.05) is 12.1 Å². The van der Waals surface area contributed by atoms with E-state index in [4.69, 9.17) is 5.73 Å². The normalized spacial score (nSPS) is 11.8. The van der Waals surface area contributed by atoms with Crippen LogP contribution in [-0.2, 0) is 16.0 Å². The van der Waals surface area contributed by atoms with Crippen molar-refractivity contribution >= 4 is 11.9 Å². The van der Waals surface area contributed by atoms with E-state index in [0.29, 0.717) is 6.42 Å². The van der Waals surface area contributed by atoms with Crippen LogP contribution >= 0.6 is 0 Å². The van der Waals surface area contributed by atoms with E-state index in [1.54, 1.807) is 6.07 Å². The Morgan fingerprint density at radius 1 is 1.42 bits per heavy atom. The molecule has 0 unspecified atom stereocenters. The maximum Gasteiger partial charge on any atom is 0.324 e. The summed E-state index contributed by atoms with van der Waals surface area (Å²) >= 11 is 0. The van der Waals surface area contributed by atoms with Crippen LogP contribution in [-0.4, -0.2) is 31.6 Å². The number of amides is 1. The third-order valence-corrected chi connectivity index (χ3v) is 2.61. The molecule has 0 aliphatic rings. The van der Waals surface area contributed by atoms with Crippen LogP contribution in [0.1, 0.15) is 22.8 Å². The zero-order valence-corrected chi connectivity index (χ0v) is 10.9. The molecule has 0 radical (unpaired) electrons. The highest BCUT2D eigenvalue weighted by atomic mass is 19.1. The molecule has 0 aliphatic carbocycles. The smallest absolute Gasteiger partial charge is 0.324 e. The van der Waals surface area contributed by atoms with E-state index in [0.717, 1.165) is 11.6 Å². The Kier molecular flexibility index (Phi) is 5.44. The molecular formula is C13H17FN2O3. The highest BCUT2D eigenvalue weighted by molar-refractivity contribution is 5.94. The SMILES string of the molecule is CCc1cc(F)cc(C(=O)NC[C@@H](N)C(=O)OC)c1. The average Bonchev–Trinajstić information content (AvgIpc) is 2.42. The third kappa shape index (κ3) is 4.33. The minimum atomic E-state index is -0.937. The van der Waals surface area contributed by atoms with Crippen molar-refractivity contribution < 1.29 is 18.7 Å². The Hall–Kier alpha value is -1.95. The van der Waals surface area contributed by atoms with Crippen LogP contribution in [0.4, 0.5) is 4.39 Å². The first kappa shape index (κ1) is 15.1. The van der Waals surface area contributed by atoms with Crippen LogP contribution in [0.2, 0.25) is 0 Å². The fourth-order valence-electron chi connectivity index (χ4n) is 1.53. The van der Waals surface area contributed by atoms with Crippen molar-refractivity contribution in [3.8, 4) is 0 Å². The first-order chi connectivity index (χ1) is 8.97. The van der Waals surface area contributed by atoms with Gasteiger partial charge in [-0.05, 0) is 30.2 Å². The second kappa shape index (κ2) is 6.84. The number of ether oxygens (including phenoxy) is 1. The number of halogens is 1. The Morgan fingerprint density at radius 3 is 2.68 bits per heavy atom. The van der Waals surface area contributed by atoms with E-state index < -0.39 is 23.7 Å². The van der Waals surface area contributed by atoms with Crippen LogP contribution in [0.5, 0.6) is 0 Å². The number of hydrogen-bond donors (Lipinski definition) is 2. The largest absolute Gasteiger partial charge is 0.468 e. The van der Waals surface area contributed by atoms with Crippen LogP contribution < -0.4 is 11.1 Å². The maximum absolute atomic E-state index is 13.3. The maximum atomic E-state index is 13.3. The Bertz CT molecular complexity index is 477. The van der Waals surface area contributed by atoms with Crippen molar-refractivity contribution in [1.82, 2.24) is 5.32 Å². The van der Waals surface area contributed by atoms with E-state index in [1.165, 1.54) is 13.2 Å². The molecule has 5 nitrogen and oxygen atoms in total. The van der Waals surface area contributed by atoms with Gasteiger partial charge in [0.15, 0.2) is 0 Å². The zero-order valence-electron chi connectivity index (χ0n) is 10.9. The van der Waals surface area contributed by atoms with Crippen molar-refractivity contribution in [1.29, 1.82) is 0 Å². The standard InChI is InChI=1S/C13H17FN2O3/c1-3-8-4-9(6-10(14)5-8)12(17)16-7-11(15)13(18)19-2/h4-6,11H,3,7,15H2,1-2H3,(H,16,17)/t11-/m1/s1. The molecule has 1 aromatic rings. The second-order valence-corrected chi connectivity index (χ2v) is 4.04. The molecule has 1 atom stereocenters. The highest BCUT2D eigenvalue weighted by Gasteiger charge is 2.15.